The Bertz CT molecular complexity index is 950. The minimum atomic E-state index is -1.51. The van der Waals surface area contributed by atoms with Crippen LogP contribution in [0.15, 0.2) is 36.4 Å². The number of aryl methyl sites for hydroxylation is 2. The minimum Gasteiger partial charge on any atom is -0.508 e. The van der Waals surface area contributed by atoms with Crippen molar-refractivity contribution in [2.45, 2.75) is 56.7 Å². The molecule has 3 rings (SSSR count). The highest BCUT2D eigenvalue weighted by atomic mass is 16.5. The van der Waals surface area contributed by atoms with Crippen LogP contribution in [0.3, 0.4) is 0 Å². The Morgan fingerprint density at radius 3 is 2.36 bits per heavy atom. The highest BCUT2D eigenvalue weighted by molar-refractivity contribution is 5.74. The molecule has 0 amide bonds. The summed E-state index contributed by atoms with van der Waals surface area (Å²) in [5, 5.41) is 60.5. The normalized spacial score (nSPS) is 25.1. The zero-order valence-electron chi connectivity index (χ0n) is 18.6. The van der Waals surface area contributed by atoms with Gasteiger partial charge in [-0.15, -0.1) is 0 Å². The SMILES string of the molecule is Cc1cc(O)c([C@@H]2O[C@H](CO)[C@@H](O)[C@H](O)[C@H]2O)cc1Cc1ccc(CCCNC(=N)N)cc1. The van der Waals surface area contributed by atoms with Crippen molar-refractivity contribution in [3.05, 3.63) is 64.2 Å². The molecule has 33 heavy (non-hydrogen) atoms. The van der Waals surface area contributed by atoms with Gasteiger partial charge in [0.05, 0.1) is 6.61 Å². The molecule has 180 valence electrons. The third-order valence-corrected chi connectivity index (χ3v) is 6.06. The lowest BCUT2D eigenvalue weighted by molar-refractivity contribution is -0.232. The van der Waals surface area contributed by atoms with Crippen LogP contribution in [0, 0.1) is 12.3 Å². The Kier molecular flexibility index (Phi) is 8.28. The van der Waals surface area contributed by atoms with Crippen LogP contribution in [0.2, 0.25) is 0 Å². The lowest BCUT2D eigenvalue weighted by Crippen LogP contribution is -2.55. The fourth-order valence-corrected chi connectivity index (χ4v) is 4.09. The molecule has 0 radical (unpaired) electrons. The lowest BCUT2D eigenvalue weighted by atomic mass is 9.88. The molecule has 1 aliphatic rings. The van der Waals surface area contributed by atoms with Crippen molar-refractivity contribution >= 4 is 5.96 Å². The summed E-state index contributed by atoms with van der Waals surface area (Å²) in [4.78, 5) is 0. The topological polar surface area (TPSA) is 172 Å². The second kappa shape index (κ2) is 11.0. The molecule has 0 unspecified atom stereocenters. The molecular formula is C24H33N3O6. The summed E-state index contributed by atoms with van der Waals surface area (Å²) >= 11 is 0. The molecule has 9 heteroatoms. The number of hydrogen-bond acceptors (Lipinski definition) is 7. The van der Waals surface area contributed by atoms with Crippen molar-refractivity contribution < 1.29 is 30.3 Å². The molecular weight excluding hydrogens is 426 g/mol. The first-order chi connectivity index (χ1) is 15.7. The summed E-state index contributed by atoms with van der Waals surface area (Å²) in [5.74, 6) is -0.118. The van der Waals surface area contributed by atoms with E-state index in [-0.39, 0.29) is 11.7 Å². The Hall–Kier alpha value is -2.69. The van der Waals surface area contributed by atoms with E-state index in [1.807, 2.05) is 19.1 Å². The van der Waals surface area contributed by atoms with Crippen LogP contribution in [0.1, 0.15) is 40.3 Å². The number of rotatable bonds is 8. The smallest absolute Gasteiger partial charge is 0.185 e. The van der Waals surface area contributed by atoms with Gasteiger partial charge in [-0.05, 0) is 60.6 Å². The van der Waals surface area contributed by atoms with Crippen LogP contribution >= 0.6 is 0 Å². The van der Waals surface area contributed by atoms with Crippen molar-refractivity contribution in [3.8, 4) is 5.75 Å². The standard InChI is InChI=1S/C24H33N3O6/c1-13-9-18(29)17(23-22(32)21(31)20(30)19(12-28)33-23)11-16(13)10-15-6-4-14(5-7-15)3-2-8-27-24(25)26/h4-7,9,11,19-23,28-32H,2-3,8,10,12H2,1H3,(H4,25,26,27)/t19-,20-,21+,22-,23+/m1/s1. The van der Waals surface area contributed by atoms with Gasteiger partial charge in [0.1, 0.15) is 36.3 Å². The second-order valence-electron chi connectivity index (χ2n) is 8.52. The van der Waals surface area contributed by atoms with Gasteiger partial charge in [-0.2, -0.15) is 0 Å². The Morgan fingerprint density at radius 1 is 1.06 bits per heavy atom. The van der Waals surface area contributed by atoms with Gasteiger partial charge >= 0.3 is 0 Å². The number of guanidine groups is 1. The van der Waals surface area contributed by atoms with Crippen molar-refractivity contribution in [3.63, 3.8) is 0 Å². The molecule has 1 saturated heterocycles. The van der Waals surface area contributed by atoms with Gasteiger partial charge in [0, 0.05) is 12.1 Å². The Morgan fingerprint density at radius 2 is 1.73 bits per heavy atom. The molecule has 1 aliphatic heterocycles. The van der Waals surface area contributed by atoms with E-state index < -0.39 is 37.1 Å². The van der Waals surface area contributed by atoms with E-state index in [2.05, 4.69) is 17.4 Å². The number of aliphatic hydroxyl groups is 4. The molecule has 5 atom stereocenters. The van der Waals surface area contributed by atoms with Gasteiger partial charge < -0.3 is 41.3 Å². The third kappa shape index (κ3) is 6.01. The van der Waals surface area contributed by atoms with Gasteiger partial charge in [-0.1, -0.05) is 24.3 Å². The van der Waals surface area contributed by atoms with Crippen LogP contribution in [0.25, 0.3) is 0 Å². The van der Waals surface area contributed by atoms with Crippen molar-refractivity contribution in [2.24, 2.45) is 5.73 Å². The fraction of sp³-hybridized carbons (Fsp3) is 0.458. The van der Waals surface area contributed by atoms with E-state index in [1.54, 1.807) is 12.1 Å². The van der Waals surface area contributed by atoms with E-state index in [4.69, 9.17) is 15.9 Å². The lowest BCUT2D eigenvalue weighted by Gasteiger charge is -2.40. The zero-order valence-corrected chi connectivity index (χ0v) is 18.6. The van der Waals surface area contributed by atoms with E-state index >= 15 is 0 Å². The summed E-state index contributed by atoms with van der Waals surface area (Å²) in [7, 11) is 0. The van der Waals surface area contributed by atoms with E-state index in [0.717, 1.165) is 29.5 Å². The van der Waals surface area contributed by atoms with Crippen molar-refractivity contribution in [1.29, 1.82) is 5.41 Å². The number of ether oxygens (including phenoxy) is 1. The molecule has 2 aromatic rings. The maximum atomic E-state index is 10.5. The Labute approximate surface area is 193 Å². The molecule has 0 bridgehead atoms. The molecule has 9 nitrogen and oxygen atoms in total. The van der Waals surface area contributed by atoms with E-state index in [9.17, 15) is 25.5 Å². The summed E-state index contributed by atoms with van der Waals surface area (Å²) in [6.45, 7) is 1.99. The van der Waals surface area contributed by atoms with Crippen LogP contribution in [-0.4, -0.2) is 69.1 Å². The van der Waals surface area contributed by atoms with E-state index in [1.165, 1.54) is 5.56 Å². The number of aromatic hydroxyl groups is 1. The molecule has 2 aromatic carbocycles. The first kappa shape index (κ1) is 24.9. The quantitative estimate of drug-likeness (QED) is 0.157. The van der Waals surface area contributed by atoms with Gasteiger partial charge in [0.25, 0.3) is 0 Å². The largest absolute Gasteiger partial charge is 0.508 e. The maximum absolute atomic E-state index is 10.5. The number of phenols is 1. The predicted octanol–water partition coefficient (Wildman–Crippen LogP) is 0.222. The summed E-state index contributed by atoms with van der Waals surface area (Å²) in [5.41, 5.74) is 9.59. The number of aliphatic hydroxyl groups excluding tert-OH is 4. The fourth-order valence-electron chi connectivity index (χ4n) is 4.09. The third-order valence-electron chi connectivity index (χ3n) is 6.06. The molecule has 0 aliphatic carbocycles. The molecule has 1 heterocycles. The van der Waals surface area contributed by atoms with Crippen LogP contribution in [0.5, 0.6) is 5.75 Å². The van der Waals surface area contributed by atoms with Crippen LogP contribution < -0.4 is 11.1 Å². The first-order valence-corrected chi connectivity index (χ1v) is 11.0. The summed E-state index contributed by atoms with van der Waals surface area (Å²) in [6, 6.07) is 11.5. The molecule has 0 aromatic heterocycles. The summed E-state index contributed by atoms with van der Waals surface area (Å²) < 4.78 is 5.62. The van der Waals surface area contributed by atoms with Crippen LogP contribution in [-0.2, 0) is 17.6 Å². The second-order valence-corrected chi connectivity index (χ2v) is 8.52. The molecule has 9 N–H and O–H groups in total. The number of nitrogens with one attached hydrogen (secondary N) is 2. The molecule has 0 spiro atoms. The first-order valence-electron chi connectivity index (χ1n) is 11.0. The zero-order chi connectivity index (χ0) is 24.1. The monoisotopic (exact) mass is 459 g/mol. The number of phenolic OH excluding ortho intramolecular Hbond substituents is 1. The minimum absolute atomic E-state index is 0.0299. The average molecular weight is 460 g/mol. The Balaban J connectivity index is 1.74. The molecule has 0 saturated carbocycles. The van der Waals surface area contributed by atoms with Gasteiger partial charge in [0.2, 0.25) is 0 Å². The van der Waals surface area contributed by atoms with Crippen molar-refractivity contribution in [1.82, 2.24) is 5.32 Å². The highest BCUT2D eigenvalue weighted by Gasteiger charge is 2.44. The van der Waals surface area contributed by atoms with Crippen molar-refractivity contribution in [2.75, 3.05) is 13.2 Å². The van der Waals surface area contributed by atoms with Crippen LogP contribution in [0.4, 0.5) is 0 Å². The van der Waals surface area contributed by atoms with Gasteiger partial charge in [-0.25, -0.2) is 0 Å². The van der Waals surface area contributed by atoms with E-state index in [0.29, 0.717) is 18.5 Å². The van der Waals surface area contributed by atoms with Gasteiger partial charge in [0.15, 0.2) is 5.96 Å². The van der Waals surface area contributed by atoms with Gasteiger partial charge in [-0.3, -0.25) is 5.41 Å². The predicted molar refractivity (Wildman–Crippen MR) is 123 cm³/mol. The molecule has 1 fully saturated rings. The number of benzene rings is 2. The average Bonchev–Trinajstić information content (AvgIpc) is 2.78. The highest BCUT2D eigenvalue weighted by Crippen LogP contribution is 2.38. The maximum Gasteiger partial charge on any atom is 0.185 e. The number of nitrogens with two attached hydrogens (primary N) is 1. The summed E-state index contributed by atoms with van der Waals surface area (Å²) in [6.07, 6.45) is -4.25. The number of hydrogen-bond donors (Lipinski definition) is 8.